The van der Waals surface area contributed by atoms with Gasteiger partial charge < -0.3 is 9.15 Å². The van der Waals surface area contributed by atoms with Crippen LogP contribution in [0.3, 0.4) is 0 Å². The predicted molar refractivity (Wildman–Crippen MR) is 84.5 cm³/mol. The fourth-order valence-corrected chi connectivity index (χ4v) is 3.72. The van der Waals surface area contributed by atoms with Crippen molar-refractivity contribution in [3.63, 3.8) is 0 Å². The van der Waals surface area contributed by atoms with E-state index >= 15 is 0 Å². The second-order valence-electron chi connectivity index (χ2n) is 4.45. The van der Waals surface area contributed by atoms with Crippen molar-refractivity contribution in [2.75, 3.05) is 7.11 Å². The minimum absolute atomic E-state index is 0.0668. The van der Waals surface area contributed by atoms with Gasteiger partial charge >= 0.3 is 5.97 Å². The molecule has 0 unspecified atom stereocenters. The number of ether oxygens (including phenoxy) is 1. The highest BCUT2D eigenvalue weighted by Crippen LogP contribution is 2.25. The van der Waals surface area contributed by atoms with Crippen molar-refractivity contribution in [2.24, 2.45) is 7.05 Å². The summed E-state index contributed by atoms with van der Waals surface area (Å²) in [5.41, 5.74) is 1.33. The largest absolute Gasteiger partial charge is 0.463 e. The van der Waals surface area contributed by atoms with E-state index in [0.29, 0.717) is 26.7 Å². The molecule has 0 saturated carbocycles. The molecule has 0 fully saturated rings. The minimum Gasteiger partial charge on any atom is -0.463 e. The first-order valence-corrected chi connectivity index (χ1v) is 8.20. The van der Waals surface area contributed by atoms with Gasteiger partial charge in [-0.15, -0.1) is 11.3 Å². The van der Waals surface area contributed by atoms with Gasteiger partial charge in [-0.3, -0.25) is 9.36 Å². The van der Waals surface area contributed by atoms with Crippen LogP contribution in [0.1, 0.15) is 16.1 Å². The molecule has 0 amide bonds. The third-order valence-electron chi connectivity index (χ3n) is 3.12. The average molecular weight is 336 g/mol. The maximum atomic E-state index is 12.2. The highest BCUT2D eigenvalue weighted by molar-refractivity contribution is 7.98. The van der Waals surface area contributed by atoms with Gasteiger partial charge in [-0.25, -0.2) is 9.78 Å². The fourth-order valence-electron chi connectivity index (χ4n) is 1.96. The van der Waals surface area contributed by atoms with Gasteiger partial charge in [0, 0.05) is 18.4 Å². The summed E-state index contributed by atoms with van der Waals surface area (Å²) in [4.78, 5) is 28.3. The zero-order chi connectivity index (χ0) is 15.7. The molecule has 0 aliphatic heterocycles. The summed E-state index contributed by atoms with van der Waals surface area (Å²) in [7, 11) is 2.99. The van der Waals surface area contributed by atoms with Crippen LogP contribution in [0, 0.1) is 0 Å². The summed E-state index contributed by atoms with van der Waals surface area (Å²) in [6, 6.07) is 3.53. The highest BCUT2D eigenvalue weighted by Gasteiger charge is 2.17. The Morgan fingerprint density at radius 3 is 3.09 bits per heavy atom. The summed E-state index contributed by atoms with van der Waals surface area (Å²) in [6.45, 7) is 0. The van der Waals surface area contributed by atoms with Crippen molar-refractivity contribution in [2.45, 2.75) is 10.9 Å². The maximum Gasteiger partial charge on any atom is 0.374 e. The Labute approximate surface area is 133 Å². The third kappa shape index (κ3) is 2.55. The van der Waals surface area contributed by atoms with Crippen LogP contribution in [-0.4, -0.2) is 22.6 Å². The second kappa shape index (κ2) is 5.98. The van der Waals surface area contributed by atoms with E-state index in [1.807, 2.05) is 11.4 Å². The Morgan fingerprint density at radius 2 is 2.32 bits per heavy atom. The van der Waals surface area contributed by atoms with Gasteiger partial charge in [0.05, 0.1) is 18.9 Å². The molecule has 3 aromatic rings. The smallest absolute Gasteiger partial charge is 0.374 e. The molecular weight excluding hydrogens is 324 g/mol. The van der Waals surface area contributed by atoms with Crippen molar-refractivity contribution in [3.05, 3.63) is 45.5 Å². The number of nitrogens with zero attached hydrogens (tertiary/aromatic N) is 2. The standard InChI is InChI=1S/C14H12N2O4S2/c1-16-12(17)11-9(4-6-21-11)15-14(16)22-7-8-3-5-20-10(8)13(18)19-2/h3-6H,7H2,1-2H3. The Balaban J connectivity index is 1.89. The normalized spacial score (nSPS) is 11.0. The lowest BCUT2D eigenvalue weighted by Crippen LogP contribution is -2.18. The molecule has 22 heavy (non-hydrogen) atoms. The monoisotopic (exact) mass is 336 g/mol. The molecule has 0 aliphatic carbocycles. The number of fused-ring (bicyclic) bond motifs is 1. The summed E-state index contributed by atoms with van der Waals surface area (Å²) >= 11 is 2.75. The summed E-state index contributed by atoms with van der Waals surface area (Å²) in [5, 5.41) is 2.44. The van der Waals surface area contributed by atoms with Crippen LogP contribution in [0.2, 0.25) is 0 Å². The van der Waals surface area contributed by atoms with Crippen LogP contribution in [0.5, 0.6) is 0 Å². The van der Waals surface area contributed by atoms with Gasteiger partial charge in [-0.1, -0.05) is 11.8 Å². The molecule has 0 N–H and O–H groups in total. The van der Waals surface area contributed by atoms with Gasteiger partial charge in [-0.2, -0.15) is 0 Å². The molecule has 0 aromatic carbocycles. The van der Waals surface area contributed by atoms with Crippen LogP contribution in [0.4, 0.5) is 0 Å². The number of thioether (sulfide) groups is 1. The fraction of sp³-hybridized carbons (Fsp3) is 0.214. The number of furan rings is 1. The van der Waals surface area contributed by atoms with E-state index in [4.69, 9.17) is 4.42 Å². The maximum absolute atomic E-state index is 12.2. The first kappa shape index (κ1) is 14.9. The number of methoxy groups -OCH3 is 1. The molecule has 8 heteroatoms. The summed E-state index contributed by atoms with van der Waals surface area (Å²) in [6.07, 6.45) is 1.44. The molecule has 0 bridgehead atoms. The zero-order valence-electron chi connectivity index (χ0n) is 11.9. The average Bonchev–Trinajstić information content (AvgIpc) is 3.17. The van der Waals surface area contributed by atoms with E-state index in [1.165, 1.54) is 41.0 Å². The summed E-state index contributed by atoms with van der Waals surface area (Å²) in [5.74, 6) is 0.115. The molecular formula is C14H12N2O4S2. The van der Waals surface area contributed by atoms with Crippen molar-refractivity contribution in [1.29, 1.82) is 0 Å². The third-order valence-corrected chi connectivity index (χ3v) is 5.09. The minimum atomic E-state index is -0.518. The number of carbonyl (C=O) groups excluding carboxylic acids is 1. The van der Waals surface area contributed by atoms with Crippen molar-refractivity contribution in [1.82, 2.24) is 9.55 Å². The SMILES string of the molecule is COC(=O)c1occc1CSc1nc2ccsc2c(=O)n1C. The molecule has 114 valence electrons. The van der Waals surface area contributed by atoms with E-state index < -0.39 is 5.97 Å². The molecule has 0 aliphatic rings. The molecule has 3 rings (SSSR count). The van der Waals surface area contributed by atoms with Crippen LogP contribution >= 0.6 is 23.1 Å². The van der Waals surface area contributed by atoms with Crippen LogP contribution in [0.25, 0.3) is 10.2 Å². The Bertz CT molecular complexity index is 894. The predicted octanol–water partition coefficient (Wildman–Crippen LogP) is 2.67. The van der Waals surface area contributed by atoms with Crippen molar-refractivity contribution >= 4 is 39.3 Å². The molecule has 0 spiro atoms. The lowest BCUT2D eigenvalue weighted by Gasteiger charge is -2.06. The first-order chi connectivity index (χ1) is 10.6. The molecule has 0 atom stereocenters. The first-order valence-electron chi connectivity index (χ1n) is 6.33. The molecule has 3 aromatic heterocycles. The van der Waals surface area contributed by atoms with E-state index in [-0.39, 0.29) is 11.3 Å². The Hall–Kier alpha value is -2.06. The zero-order valence-corrected chi connectivity index (χ0v) is 13.5. The van der Waals surface area contributed by atoms with Crippen LogP contribution in [-0.2, 0) is 17.5 Å². The highest BCUT2D eigenvalue weighted by atomic mass is 32.2. The lowest BCUT2D eigenvalue weighted by molar-refractivity contribution is 0.0564. The topological polar surface area (TPSA) is 74.3 Å². The molecule has 0 saturated heterocycles. The number of hydrogen-bond acceptors (Lipinski definition) is 7. The van der Waals surface area contributed by atoms with E-state index in [2.05, 4.69) is 9.72 Å². The van der Waals surface area contributed by atoms with Gasteiger partial charge in [0.15, 0.2) is 5.16 Å². The van der Waals surface area contributed by atoms with Gasteiger partial charge in [0.1, 0.15) is 4.70 Å². The van der Waals surface area contributed by atoms with E-state index in [0.717, 1.165) is 0 Å². The quantitative estimate of drug-likeness (QED) is 0.414. The molecule has 0 radical (unpaired) electrons. The number of carbonyl (C=O) groups is 1. The Morgan fingerprint density at radius 1 is 1.50 bits per heavy atom. The van der Waals surface area contributed by atoms with Gasteiger partial charge in [0.2, 0.25) is 5.76 Å². The van der Waals surface area contributed by atoms with Crippen molar-refractivity contribution in [3.8, 4) is 0 Å². The molecule has 3 heterocycles. The lowest BCUT2D eigenvalue weighted by atomic mass is 10.3. The Kier molecular flexibility index (Phi) is 4.04. The van der Waals surface area contributed by atoms with Crippen molar-refractivity contribution < 1.29 is 13.9 Å². The number of esters is 1. The number of rotatable bonds is 4. The van der Waals surface area contributed by atoms with E-state index in [9.17, 15) is 9.59 Å². The van der Waals surface area contributed by atoms with Crippen LogP contribution in [0.15, 0.2) is 38.1 Å². The van der Waals surface area contributed by atoms with E-state index in [1.54, 1.807) is 13.1 Å². The summed E-state index contributed by atoms with van der Waals surface area (Å²) < 4.78 is 12.0. The van der Waals surface area contributed by atoms with Gasteiger partial charge in [0.25, 0.3) is 5.56 Å². The number of hydrogen-bond donors (Lipinski definition) is 0. The second-order valence-corrected chi connectivity index (χ2v) is 6.31. The van der Waals surface area contributed by atoms with Crippen LogP contribution < -0.4 is 5.56 Å². The van der Waals surface area contributed by atoms with Gasteiger partial charge in [-0.05, 0) is 17.5 Å². The molecule has 6 nitrogen and oxygen atoms in total. The number of thiophene rings is 1. The number of aromatic nitrogens is 2.